The van der Waals surface area contributed by atoms with E-state index in [0.717, 1.165) is 22.2 Å². The lowest BCUT2D eigenvalue weighted by Gasteiger charge is -2.25. The number of esters is 1. The lowest BCUT2D eigenvalue weighted by atomic mass is 10.1. The summed E-state index contributed by atoms with van der Waals surface area (Å²) in [6.45, 7) is 4.20. The minimum Gasteiger partial charge on any atom is -0.462 e. The van der Waals surface area contributed by atoms with Gasteiger partial charge in [-0.15, -0.1) is 0 Å². The molecule has 6 atom stereocenters. The average molecular weight is 564 g/mol. The molecule has 13 nitrogen and oxygen atoms in total. The SMILES string of the molecule is CC(C)OC(=O)[C@H](C)NP(=O)(OC[C@H]1O[C@@H](n2ccc(=O)[nH]c2=O)[C@@H](O)[C@@H]1O)Oc1cccc2ccccc12. The van der Waals surface area contributed by atoms with Crippen LogP contribution >= 0.6 is 7.75 Å². The van der Waals surface area contributed by atoms with E-state index in [0.29, 0.717) is 5.39 Å². The summed E-state index contributed by atoms with van der Waals surface area (Å²) in [6.07, 6.45) is -5.05. The molecule has 210 valence electrons. The highest BCUT2D eigenvalue weighted by Crippen LogP contribution is 2.47. The monoisotopic (exact) mass is 563 g/mol. The molecular formula is C25H30N3O10P. The number of fused-ring (bicyclic) bond motifs is 1. The van der Waals surface area contributed by atoms with E-state index < -0.39 is 68.3 Å². The number of hydrogen-bond donors (Lipinski definition) is 4. The number of rotatable bonds is 10. The Kier molecular flexibility index (Phi) is 8.70. The van der Waals surface area contributed by atoms with Gasteiger partial charge in [-0.05, 0) is 32.2 Å². The number of aromatic amines is 1. The molecule has 1 aliphatic rings. The van der Waals surface area contributed by atoms with E-state index in [9.17, 15) is 29.2 Å². The molecule has 0 radical (unpaired) electrons. The average Bonchev–Trinajstić information content (AvgIpc) is 3.16. The second kappa shape index (κ2) is 11.8. The number of aliphatic hydroxyl groups is 2. The van der Waals surface area contributed by atoms with Gasteiger partial charge in [0, 0.05) is 17.6 Å². The smallest absolute Gasteiger partial charge is 0.459 e. The summed E-state index contributed by atoms with van der Waals surface area (Å²) in [6, 6.07) is 12.3. The second-order valence-electron chi connectivity index (χ2n) is 9.26. The molecule has 0 aliphatic carbocycles. The fourth-order valence-electron chi connectivity index (χ4n) is 4.01. The van der Waals surface area contributed by atoms with Gasteiger partial charge in [-0.2, -0.15) is 5.09 Å². The zero-order chi connectivity index (χ0) is 28.3. The van der Waals surface area contributed by atoms with E-state index in [2.05, 4.69) is 5.09 Å². The predicted octanol–water partition coefficient (Wildman–Crippen LogP) is 1.44. The van der Waals surface area contributed by atoms with Crippen LogP contribution in [0.25, 0.3) is 10.8 Å². The van der Waals surface area contributed by atoms with Crippen LogP contribution in [-0.4, -0.2) is 62.8 Å². The van der Waals surface area contributed by atoms with Gasteiger partial charge in [0.2, 0.25) is 0 Å². The molecule has 1 fully saturated rings. The lowest BCUT2D eigenvalue weighted by Crippen LogP contribution is -2.38. The quantitative estimate of drug-likeness (QED) is 0.207. The molecule has 1 aromatic heterocycles. The number of carbonyl (C=O) groups excluding carboxylic acids is 1. The Labute approximate surface area is 222 Å². The van der Waals surface area contributed by atoms with Gasteiger partial charge in [0.05, 0.1) is 12.7 Å². The van der Waals surface area contributed by atoms with Crippen LogP contribution in [0.15, 0.2) is 64.3 Å². The summed E-state index contributed by atoms with van der Waals surface area (Å²) in [5, 5.41) is 25.1. The number of aromatic nitrogens is 2. The summed E-state index contributed by atoms with van der Waals surface area (Å²) >= 11 is 0. The Morgan fingerprint density at radius 2 is 1.82 bits per heavy atom. The van der Waals surface area contributed by atoms with Gasteiger partial charge < -0.3 is 24.2 Å². The largest absolute Gasteiger partial charge is 0.462 e. The van der Waals surface area contributed by atoms with Crippen LogP contribution in [0.3, 0.4) is 0 Å². The van der Waals surface area contributed by atoms with Crippen molar-refractivity contribution in [3.05, 3.63) is 75.6 Å². The van der Waals surface area contributed by atoms with Crippen molar-refractivity contribution in [1.29, 1.82) is 0 Å². The fraction of sp³-hybridized carbons (Fsp3) is 0.400. The topological polar surface area (TPSA) is 178 Å². The third kappa shape index (κ3) is 6.64. The molecule has 0 bridgehead atoms. The van der Waals surface area contributed by atoms with Gasteiger partial charge in [-0.25, -0.2) is 9.36 Å². The van der Waals surface area contributed by atoms with Crippen LogP contribution < -0.4 is 20.9 Å². The zero-order valence-corrected chi connectivity index (χ0v) is 22.3. The van der Waals surface area contributed by atoms with E-state index in [1.165, 1.54) is 6.92 Å². The summed E-state index contributed by atoms with van der Waals surface area (Å²) in [5.41, 5.74) is -1.50. The van der Waals surface area contributed by atoms with Gasteiger partial charge in [-0.1, -0.05) is 36.4 Å². The number of ether oxygens (including phenoxy) is 2. The molecule has 1 aliphatic heterocycles. The maximum atomic E-state index is 14.0. The summed E-state index contributed by atoms with van der Waals surface area (Å²) in [5.74, 6) is -0.487. The highest BCUT2D eigenvalue weighted by molar-refractivity contribution is 7.52. The fourth-order valence-corrected chi connectivity index (χ4v) is 5.54. The molecule has 39 heavy (non-hydrogen) atoms. The molecular weight excluding hydrogens is 533 g/mol. The Bertz CT molecular complexity index is 1480. The Morgan fingerprint density at radius 1 is 1.10 bits per heavy atom. The highest BCUT2D eigenvalue weighted by Gasteiger charge is 2.46. The summed E-state index contributed by atoms with van der Waals surface area (Å²) < 4.78 is 37.1. The normalized spacial score (nSPS) is 23.4. The van der Waals surface area contributed by atoms with Crippen molar-refractivity contribution in [1.82, 2.24) is 14.6 Å². The minimum absolute atomic E-state index is 0.207. The molecule has 4 N–H and O–H groups in total. The summed E-state index contributed by atoms with van der Waals surface area (Å²) in [7, 11) is -4.35. The number of benzene rings is 2. The molecule has 0 saturated carbocycles. The van der Waals surface area contributed by atoms with Crippen LogP contribution in [0.5, 0.6) is 5.75 Å². The predicted molar refractivity (Wildman–Crippen MR) is 139 cm³/mol. The summed E-state index contributed by atoms with van der Waals surface area (Å²) in [4.78, 5) is 38.0. The van der Waals surface area contributed by atoms with Crippen LogP contribution in [0.4, 0.5) is 0 Å². The first kappa shape index (κ1) is 28.7. The van der Waals surface area contributed by atoms with Crippen molar-refractivity contribution in [3.8, 4) is 5.75 Å². The molecule has 0 amide bonds. The van der Waals surface area contributed by atoms with Crippen molar-refractivity contribution in [2.45, 2.75) is 57.5 Å². The van der Waals surface area contributed by atoms with E-state index in [4.69, 9.17) is 18.5 Å². The van der Waals surface area contributed by atoms with E-state index in [1.54, 1.807) is 38.1 Å². The van der Waals surface area contributed by atoms with E-state index >= 15 is 0 Å². The first-order valence-corrected chi connectivity index (χ1v) is 13.7. The number of nitrogens with one attached hydrogen (secondary N) is 2. The molecule has 1 saturated heterocycles. The van der Waals surface area contributed by atoms with E-state index in [-0.39, 0.29) is 5.75 Å². The number of aliphatic hydroxyl groups excluding tert-OH is 2. The van der Waals surface area contributed by atoms with Crippen molar-refractivity contribution in [2.24, 2.45) is 0 Å². The second-order valence-corrected chi connectivity index (χ2v) is 11.0. The van der Waals surface area contributed by atoms with Crippen LogP contribution in [0.2, 0.25) is 0 Å². The first-order chi connectivity index (χ1) is 18.5. The van der Waals surface area contributed by atoms with Crippen molar-refractivity contribution in [3.63, 3.8) is 0 Å². The number of hydrogen-bond acceptors (Lipinski definition) is 10. The third-order valence-corrected chi connectivity index (χ3v) is 7.53. The van der Waals surface area contributed by atoms with Crippen LogP contribution in [-0.2, 0) is 23.4 Å². The highest BCUT2D eigenvalue weighted by atomic mass is 31.2. The maximum absolute atomic E-state index is 14.0. The molecule has 4 rings (SSSR count). The molecule has 1 unspecified atom stereocenters. The molecule has 2 heterocycles. The number of carbonyl (C=O) groups is 1. The van der Waals surface area contributed by atoms with Gasteiger partial charge in [0.1, 0.15) is 30.1 Å². The van der Waals surface area contributed by atoms with Crippen molar-refractivity contribution < 1.29 is 38.1 Å². The van der Waals surface area contributed by atoms with Crippen molar-refractivity contribution in [2.75, 3.05) is 6.61 Å². The lowest BCUT2D eigenvalue weighted by molar-refractivity contribution is -0.149. The molecule has 2 aromatic carbocycles. The molecule has 0 spiro atoms. The standard InChI is InChI=1S/C25H30N3O10P/c1-14(2)36-24(32)15(3)27-39(34,38-18-10-6-8-16-7-4-5-9-17(16)18)35-13-19-21(30)22(31)23(37-19)28-12-11-20(29)26-25(28)33/h4-12,14-15,19,21-23,30-31H,13H2,1-3H3,(H,27,34)(H,26,29,33)/t15-,19+,21+,22-,23+,39?/m0/s1. The maximum Gasteiger partial charge on any atom is 0.459 e. The van der Waals surface area contributed by atoms with Gasteiger partial charge >= 0.3 is 19.4 Å². The minimum atomic E-state index is -4.35. The Hall–Kier alpha value is -3.32. The van der Waals surface area contributed by atoms with Crippen LogP contribution in [0.1, 0.15) is 27.0 Å². The third-order valence-electron chi connectivity index (χ3n) is 5.90. The molecule has 14 heteroatoms. The van der Waals surface area contributed by atoms with Gasteiger partial charge in [0.25, 0.3) is 5.56 Å². The molecule has 3 aromatic rings. The number of nitrogens with zero attached hydrogens (tertiary/aromatic N) is 1. The Morgan fingerprint density at radius 3 is 2.54 bits per heavy atom. The van der Waals surface area contributed by atoms with Crippen LogP contribution in [0, 0.1) is 0 Å². The number of H-pyrrole nitrogens is 1. The first-order valence-electron chi connectivity index (χ1n) is 12.2. The van der Waals surface area contributed by atoms with E-state index in [1.807, 2.05) is 23.2 Å². The van der Waals surface area contributed by atoms with Crippen molar-refractivity contribution >= 4 is 24.5 Å². The van der Waals surface area contributed by atoms with Gasteiger partial charge in [0.15, 0.2) is 6.23 Å². The van der Waals surface area contributed by atoms with Gasteiger partial charge in [-0.3, -0.25) is 23.7 Å². The zero-order valence-electron chi connectivity index (χ0n) is 21.4. The Balaban J connectivity index is 1.57.